The molecule has 0 aliphatic heterocycles. The SMILES string of the molecule is [N].[OH-].[OH-].[OH-].[OH-].[Pt+4]. The minimum absolute atomic E-state index is 0. The molecule has 0 aromatic rings. The Morgan fingerprint density at radius 2 is 0.500 bits per heavy atom. The van der Waals surface area contributed by atoms with E-state index in [2.05, 4.69) is 0 Å². The summed E-state index contributed by atoms with van der Waals surface area (Å²) >= 11 is 0. The van der Waals surface area contributed by atoms with E-state index >= 15 is 0 Å². The molecule has 0 aromatic carbocycles. The normalized spacial score (nSPS) is 0. The Hall–Kier alpha value is 0.488. The van der Waals surface area contributed by atoms with Crippen molar-refractivity contribution in [1.29, 1.82) is 0 Å². The minimum atomic E-state index is 0. The van der Waals surface area contributed by atoms with Gasteiger partial charge in [-0.25, -0.2) is 0 Å². The fourth-order valence-corrected chi connectivity index (χ4v) is 0. The Kier molecular flexibility index (Phi) is 63300. The molecule has 0 aromatic heterocycles. The van der Waals surface area contributed by atoms with Gasteiger partial charge in [-0.1, -0.05) is 0 Å². The molecule has 0 atom stereocenters. The van der Waals surface area contributed by atoms with E-state index in [4.69, 9.17) is 0 Å². The zero-order valence-electron chi connectivity index (χ0n) is 2.55. The van der Waals surface area contributed by atoms with Crippen LogP contribution >= 0.6 is 0 Å². The van der Waals surface area contributed by atoms with Crippen LogP contribution in [-0.2, 0) is 21.1 Å². The molecule has 0 fully saturated rings. The van der Waals surface area contributed by atoms with Crippen molar-refractivity contribution in [2.75, 3.05) is 0 Å². The molecule has 0 rings (SSSR count). The van der Waals surface area contributed by atoms with E-state index in [1.165, 1.54) is 0 Å². The van der Waals surface area contributed by atoms with Crippen LogP contribution in [0.2, 0.25) is 0 Å². The summed E-state index contributed by atoms with van der Waals surface area (Å²) in [6.07, 6.45) is 0. The number of hydrogen-bond acceptors (Lipinski definition) is 4. The van der Waals surface area contributed by atoms with E-state index in [1.54, 1.807) is 0 Å². The molecule has 0 heterocycles. The molecule has 0 amide bonds. The molecule has 3 radical (unpaired) electrons. The van der Waals surface area contributed by atoms with Gasteiger partial charge in [0, 0.05) is 6.15 Å². The summed E-state index contributed by atoms with van der Waals surface area (Å²) < 4.78 is 0. The van der Waals surface area contributed by atoms with E-state index < -0.39 is 0 Å². The van der Waals surface area contributed by atoms with Crippen LogP contribution in [0.3, 0.4) is 0 Å². The van der Waals surface area contributed by atoms with Crippen molar-refractivity contribution in [2.45, 2.75) is 0 Å². The third-order valence-electron chi connectivity index (χ3n) is 0. The summed E-state index contributed by atoms with van der Waals surface area (Å²) in [5.74, 6) is 0. The van der Waals surface area contributed by atoms with Crippen molar-refractivity contribution in [3.63, 3.8) is 0 Å². The molecule has 0 aliphatic rings. The number of hydrogen-bond donors (Lipinski definition) is 0. The van der Waals surface area contributed by atoms with Gasteiger partial charge in [-0.05, 0) is 0 Å². The summed E-state index contributed by atoms with van der Waals surface area (Å²) in [5.41, 5.74) is 0. The molecule has 0 aliphatic carbocycles. The maximum atomic E-state index is 0. The Bertz CT molecular complexity index is 7.51. The largest absolute Gasteiger partial charge is 4.00 e. The Balaban J connectivity index is 0. The summed E-state index contributed by atoms with van der Waals surface area (Å²) in [7, 11) is 0. The third kappa shape index (κ3) is 229. The molecule has 4 N–H and O–H groups in total. The molecule has 43 valence electrons. The number of nitrogens with zero attached hydrogens (tertiary/aromatic N) is 1. The van der Waals surface area contributed by atoms with Crippen LogP contribution in [0.25, 0.3) is 0 Å². The van der Waals surface area contributed by atoms with Crippen LogP contribution in [0.4, 0.5) is 0 Å². The topological polar surface area (TPSA) is 150 Å². The van der Waals surface area contributed by atoms with Crippen molar-refractivity contribution in [1.82, 2.24) is 6.15 Å². The number of rotatable bonds is 0. The third-order valence-corrected chi connectivity index (χ3v) is 0. The second-order valence-corrected chi connectivity index (χ2v) is 0. The van der Waals surface area contributed by atoms with Crippen LogP contribution < -0.4 is 6.15 Å². The summed E-state index contributed by atoms with van der Waals surface area (Å²) in [6.45, 7) is 0. The van der Waals surface area contributed by atoms with Crippen molar-refractivity contribution in [3.8, 4) is 0 Å². The molecule has 5 nitrogen and oxygen atoms in total. The fourth-order valence-electron chi connectivity index (χ4n) is 0. The summed E-state index contributed by atoms with van der Waals surface area (Å²) in [5, 5.41) is 0. The first-order valence-electron chi connectivity index (χ1n) is 0. The maximum absolute atomic E-state index is 0. The molecule has 0 saturated carbocycles. The second kappa shape index (κ2) is 464. The van der Waals surface area contributed by atoms with Crippen LogP contribution in [0.1, 0.15) is 0 Å². The first-order valence-corrected chi connectivity index (χ1v) is 0. The van der Waals surface area contributed by atoms with Crippen molar-refractivity contribution < 1.29 is 43.0 Å². The first kappa shape index (κ1) is 820. The molecule has 6 heteroatoms. The van der Waals surface area contributed by atoms with Gasteiger partial charge in [0.05, 0.1) is 0 Å². The molecule has 6 heavy (non-hydrogen) atoms. The summed E-state index contributed by atoms with van der Waals surface area (Å²) in [6, 6.07) is 0. The maximum Gasteiger partial charge on any atom is 4.00 e. The first-order chi connectivity index (χ1) is 0. The van der Waals surface area contributed by atoms with Crippen LogP contribution in [0, 0.1) is 0 Å². The Labute approximate surface area is 49.8 Å². The van der Waals surface area contributed by atoms with E-state index in [1.807, 2.05) is 0 Å². The quantitative estimate of drug-likeness (QED) is 0.546. The smallest absolute Gasteiger partial charge is 0.870 e. The zero-order valence-corrected chi connectivity index (χ0v) is 4.82. The van der Waals surface area contributed by atoms with Gasteiger partial charge in [0.15, 0.2) is 0 Å². The van der Waals surface area contributed by atoms with E-state index in [0.29, 0.717) is 0 Å². The minimum Gasteiger partial charge on any atom is -0.870 e. The van der Waals surface area contributed by atoms with Crippen LogP contribution in [0.15, 0.2) is 0 Å². The van der Waals surface area contributed by atoms with E-state index in [0.717, 1.165) is 0 Å². The second-order valence-electron chi connectivity index (χ2n) is 0. The monoisotopic (exact) mass is 277 g/mol. The van der Waals surface area contributed by atoms with Gasteiger partial charge in [-0.3, -0.25) is 0 Å². The van der Waals surface area contributed by atoms with Gasteiger partial charge in [-0.2, -0.15) is 0 Å². The average Bonchev–Trinajstić information content (AvgIpc) is 0. The van der Waals surface area contributed by atoms with Crippen molar-refractivity contribution in [3.05, 3.63) is 0 Å². The standard InChI is InChI=1S/N.4H2O.Pt/h;4*1H2;/q;;;;;+4/p-4. The Morgan fingerprint density at radius 1 is 0.500 bits per heavy atom. The van der Waals surface area contributed by atoms with Crippen LogP contribution in [0.5, 0.6) is 0 Å². The van der Waals surface area contributed by atoms with Gasteiger partial charge in [0.25, 0.3) is 0 Å². The summed E-state index contributed by atoms with van der Waals surface area (Å²) in [4.78, 5) is 0. The predicted molar refractivity (Wildman–Crippen MR) is 9.88 cm³/mol. The van der Waals surface area contributed by atoms with Gasteiger partial charge in [-0.15, -0.1) is 0 Å². The van der Waals surface area contributed by atoms with Crippen molar-refractivity contribution >= 4 is 0 Å². The molecule has 0 bridgehead atoms. The van der Waals surface area contributed by atoms with Gasteiger partial charge < -0.3 is 21.9 Å². The van der Waals surface area contributed by atoms with Crippen molar-refractivity contribution in [2.24, 2.45) is 0 Å². The molecular formula is H4NO4Pt. The molecule has 0 spiro atoms. The van der Waals surface area contributed by atoms with Gasteiger partial charge in [0.2, 0.25) is 0 Å². The predicted octanol–water partition coefficient (Wildman–Crippen LogP) is -1.19. The van der Waals surface area contributed by atoms with E-state index in [9.17, 15) is 0 Å². The average molecular weight is 277 g/mol. The van der Waals surface area contributed by atoms with Gasteiger partial charge >= 0.3 is 21.1 Å². The zero-order chi connectivity index (χ0) is 0. The molecule has 0 unspecified atom stereocenters. The molecular weight excluding hydrogens is 273 g/mol. The van der Waals surface area contributed by atoms with Gasteiger partial charge in [0.1, 0.15) is 0 Å². The Morgan fingerprint density at radius 3 is 0.500 bits per heavy atom. The fraction of sp³-hybridized carbons (Fsp3) is 0. The molecule has 0 saturated heterocycles. The van der Waals surface area contributed by atoms with E-state index in [-0.39, 0.29) is 49.1 Å². The van der Waals surface area contributed by atoms with Crippen LogP contribution in [-0.4, -0.2) is 21.9 Å².